The summed E-state index contributed by atoms with van der Waals surface area (Å²) in [6.45, 7) is 1.73. The zero-order chi connectivity index (χ0) is 17.1. The minimum Gasteiger partial charge on any atom is -0.464 e. The number of hydrogen-bond donors (Lipinski definition) is 1. The van der Waals surface area contributed by atoms with Gasteiger partial charge < -0.3 is 4.74 Å². The number of methoxy groups -OCH3 is 1. The summed E-state index contributed by atoms with van der Waals surface area (Å²) in [4.78, 5) is 28.9. The van der Waals surface area contributed by atoms with Gasteiger partial charge in [0.05, 0.1) is 18.4 Å². The number of amides is 1. The quantitative estimate of drug-likeness (QED) is 0.713. The maximum atomic E-state index is 12.5. The largest absolute Gasteiger partial charge is 0.464 e. The summed E-state index contributed by atoms with van der Waals surface area (Å²) in [6, 6.07) is 6.87. The molecule has 9 nitrogen and oxygen atoms in total. The van der Waals surface area contributed by atoms with Gasteiger partial charge in [0.15, 0.2) is 10.8 Å². The van der Waals surface area contributed by atoms with Gasteiger partial charge in [-0.3, -0.25) is 10.1 Å². The number of carbonyl (C=O) groups is 2. The maximum Gasteiger partial charge on any atom is 0.357 e. The van der Waals surface area contributed by atoms with Gasteiger partial charge >= 0.3 is 5.97 Å². The highest BCUT2D eigenvalue weighted by Gasteiger charge is 2.19. The fraction of sp³-hybridized carbons (Fsp3) is 0.143. The van der Waals surface area contributed by atoms with Crippen molar-refractivity contribution in [2.24, 2.45) is 0 Å². The first-order chi connectivity index (χ1) is 11.6. The molecule has 0 bridgehead atoms. The van der Waals surface area contributed by atoms with Crippen molar-refractivity contribution < 1.29 is 14.3 Å². The van der Waals surface area contributed by atoms with Crippen LogP contribution in [-0.4, -0.2) is 44.2 Å². The minimum absolute atomic E-state index is 0.187. The summed E-state index contributed by atoms with van der Waals surface area (Å²) in [6.07, 6.45) is 1.40. The normalized spacial score (nSPS) is 10.4. The molecule has 10 heteroatoms. The number of aryl methyl sites for hydroxylation is 1. The Labute approximate surface area is 140 Å². The Bertz CT molecular complexity index is 890. The maximum absolute atomic E-state index is 12.5. The van der Waals surface area contributed by atoms with Crippen LogP contribution >= 0.6 is 11.3 Å². The molecule has 0 saturated carbocycles. The molecule has 0 aliphatic heterocycles. The van der Waals surface area contributed by atoms with Gasteiger partial charge in [-0.05, 0) is 29.5 Å². The van der Waals surface area contributed by atoms with Crippen LogP contribution in [0.4, 0.5) is 5.13 Å². The number of aromatic nitrogens is 5. The van der Waals surface area contributed by atoms with Crippen molar-refractivity contribution in [2.45, 2.75) is 6.92 Å². The van der Waals surface area contributed by atoms with Crippen LogP contribution in [0, 0.1) is 6.92 Å². The van der Waals surface area contributed by atoms with Gasteiger partial charge in [0.25, 0.3) is 5.91 Å². The molecule has 0 spiro atoms. The van der Waals surface area contributed by atoms with E-state index in [0.29, 0.717) is 21.3 Å². The van der Waals surface area contributed by atoms with Gasteiger partial charge in [0.1, 0.15) is 6.33 Å². The highest BCUT2D eigenvalue weighted by Crippen LogP contribution is 2.24. The van der Waals surface area contributed by atoms with Crippen LogP contribution in [0.3, 0.4) is 0 Å². The first-order valence-electron chi connectivity index (χ1n) is 6.79. The van der Waals surface area contributed by atoms with E-state index in [1.807, 2.05) is 0 Å². The van der Waals surface area contributed by atoms with E-state index < -0.39 is 5.97 Å². The zero-order valence-corrected chi connectivity index (χ0v) is 13.6. The standard InChI is InChI=1S/C14H12N6O3S/c1-8-11(13(22)23-2)16-14(24-8)17-12(21)9-5-3-4-6-10(9)20-7-15-18-19-20/h3-7H,1-2H3,(H,16,17,21). The highest BCUT2D eigenvalue weighted by molar-refractivity contribution is 7.16. The Morgan fingerprint density at radius 1 is 1.29 bits per heavy atom. The topological polar surface area (TPSA) is 112 Å². The van der Waals surface area contributed by atoms with Crippen molar-refractivity contribution in [3.05, 3.63) is 46.7 Å². The van der Waals surface area contributed by atoms with E-state index in [1.165, 1.54) is 29.5 Å². The summed E-state index contributed by atoms with van der Waals surface area (Å²) in [5.74, 6) is -0.926. The van der Waals surface area contributed by atoms with E-state index in [-0.39, 0.29) is 11.6 Å². The number of para-hydroxylation sites is 1. The molecule has 0 unspecified atom stereocenters. The Balaban J connectivity index is 1.88. The average molecular weight is 344 g/mol. The second kappa shape index (κ2) is 6.54. The molecule has 2 aromatic heterocycles. The van der Waals surface area contributed by atoms with Crippen molar-refractivity contribution in [3.8, 4) is 5.69 Å². The summed E-state index contributed by atoms with van der Waals surface area (Å²) < 4.78 is 6.05. The number of anilines is 1. The average Bonchev–Trinajstić information content (AvgIpc) is 3.24. The van der Waals surface area contributed by atoms with Gasteiger partial charge in [-0.1, -0.05) is 12.1 Å². The van der Waals surface area contributed by atoms with E-state index in [0.717, 1.165) is 0 Å². The third-order valence-corrected chi connectivity index (χ3v) is 4.03. The minimum atomic E-state index is -0.543. The number of ether oxygens (including phenoxy) is 1. The Morgan fingerprint density at radius 3 is 2.79 bits per heavy atom. The number of nitrogens with zero attached hydrogens (tertiary/aromatic N) is 5. The first kappa shape index (κ1) is 15.7. The molecule has 1 aromatic carbocycles. The fourth-order valence-corrected chi connectivity index (χ4v) is 2.83. The summed E-state index contributed by atoms with van der Waals surface area (Å²) in [5, 5.41) is 13.9. The molecule has 3 aromatic rings. The molecule has 24 heavy (non-hydrogen) atoms. The second-order valence-corrected chi connectivity index (χ2v) is 5.84. The summed E-state index contributed by atoms with van der Waals surface area (Å²) >= 11 is 1.19. The van der Waals surface area contributed by atoms with Gasteiger partial charge in [-0.15, -0.1) is 16.4 Å². The second-order valence-electron chi connectivity index (χ2n) is 4.64. The number of esters is 1. The number of tetrazole rings is 1. The van der Waals surface area contributed by atoms with Crippen molar-refractivity contribution in [1.29, 1.82) is 0 Å². The van der Waals surface area contributed by atoms with Crippen LogP contribution in [0.5, 0.6) is 0 Å². The lowest BCUT2D eigenvalue weighted by molar-refractivity contribution is 0.0594. The predicted molar refractivity (Wildman–Crippen MR) is 85.3 cm³/mol. The van der Waals surface area contributed by atoms with Gasteiger partial charge in [-0.25, -0.2) is 9.78 Å². The van der Waals surface area contributed by atoms with Crippen LogP contribution in [0.2, 0.25) is 0 Å². The molecule has 3 rings (SSSR count). The lowest BCUT2D eigenvalue weighted by atomic mass is 10.1. The number of thiazole rings is 1. The third kappa shape index (κ3) is 2.99. The van der Waals surface area contributed by atoms with Crippen LogP contribution in [-0.2, 0) is 4.74 Å². The smallest absolute Gasteiger partial charge is 0.357 e. The molecule has 0 radical (unpaired) electrons. The SMILES string of the molecule is COC(=O)c1nc(NC(=O)c2ccccc2-n2cnnn2)sc1C. The summed E-state index contributed by atoms with van der Waals surface area (Å²) in [7, 11) is 1.28. The molecule has 0 saturated heterocycles. The number of nitrogens with one attached hydrogen (secondary N) is 1. The van der Waals surface area contributed by atoms with E-state index >= 15 is 0 Å². The van der Waals surface area contributed by atoms with E-state index in [2.05, 4.69) is 30.6 Å². The first-order valence-corrected chi connectivity index (χ1v) is 7.61. The molecule has 1 N–H and O–H groups in total. The Morgan fingerprint density at radius 2 is 2.08 bits per heavy atom. The monoisotopic (exact) mass is 344 g/mol. The molecular formula is C14H12N6O3S. The van der Waals surface area contributed by atoms with E-state index in [1.54, 1.807) is 31.2 Å². The lowest BCUT2D eigenvalue weighted by Crippen LogP contribution is -2.15. The Kier molecular flexibility index (Phi) is 4.29. The van der Waals surface area contributed by atoms with Gasteiger partial charge in [0, 0.05) is 4.88 Å². The number of carbonyl (C=O) groups excluding carboxylic acids is 2. The van der Waals surface area contributed by atoms with Gasteiger partial charge in [0.2, 0.25) is 0 Å². The molecule has 0 aliphatic carbocycles. The number of hydrogen-bond acceptors (Lipinski definition) is 8. The molecule has 1 amide bonds. The fourth-order valence-electron chi connectivity index (χ4n) is 2.04. The summed E-state index contributed by atoms with van der Waals surface area (Å²) in [5.41, 5.74) is 1.09. The van der Waals surface area contributed by atoms with Crippen LogP contribution < -0.4 is 5.32 Å². The van der Waals surface area contributed by atoms with Crippen molar-refractivity contribution in [3.63, 3.8) is 0 Å². The van der Waals surface area contributed by atoms with Gasteiger partial charge in [-0.2, -0.15) is 4.68 Å². The predicted octanol–water partition coefficient (Wildman–Crippen LogP) is 1.47. The molecule has 2 heterocycles. The molecular weight excluding hydrogens is 332 g/mol. The van der Waals surface area contributed by atoms with Crippen LogP contribution in [0.25, 0.3) is 5.69 Å². The number of rotatable bonds is 4. The Hall–Kier alpha value is -3.14. The van der Waals surface area contributed by atoms with Crippen LogP contribution in [0.15, 0.2) is 30.6 Å². The lowest BCUT2D eigenvalue weighted by Gasteiger charge is -2.07. The van der Waals surface area contributed by atoms with Crippen LogP contribution in [0.1, 0.15) is 25.7 Å². The molecule has 122 valence electrons. The third-order valence-electron chi connectivity index (χ3n) is 3.14. The van der Waals surface area contributed by atoms with Crippen molar-refractivity contribution in [2.75, 3.05) is 12.4 Å². The molecule has 0 atom stereocenters. The van der Waals surface area contributed by atoms with Crippen molar-refractivity contribution in [1.82, 2.24) is 25.2 Å². The van der Waals surface area contributed by atoms with E-state index in [4.69, 9.17) is 0 Å². The van der Waals surface area contributed by atoms with Crippen molar-refractivity contribution >= 4 is 28.3 Å². The zero-order valence-electron chi connectivity index (χ0n) is 12.8. The molecule has 0 aliphatic rings. The number of benzene rings is 1. The highest BCUT2D eigenvalue weighted by atomic mass is 32.1. The molecule has 0 fully saturated rings. The van der Waals surface area contributed by atoms with E-state index in [9.17, 15) is 9.59 Å².